The standard InChI is InChI=1S/C30H42N4O7/c1-19-16-34(20(2)17-35)29(36)24-13-22(32-30(37)33-23-9-11-26-27(14-23)40-18-39-26)8-10-25(24)41-21(3)7-5-6-12-38-28(19)15-31-4/h8-11,13-14,19-21,28,31,35H,5-7,12,15-18H2,1-4H3,(H2,32,33,37)/t19-,20+,21+,28-/m0/s1. The van der Waals surface area contributed by atoms with Crippen molar-refractivity contribution in [1.82, 2.24) is 10.2 Å². The summed E-state index contributed by atoms with van der Waals surface area (Å²) in [5.74, 6) is 1.32. The van der Waals surface area contributed by atoms with Crippen molar-refractivity contribution in [1.29, 1.82) is 0 Å². The monoisotopic (exact) mass is 570 g/mol. The fourth-order valence-electron chi connectivity index (χ4n) is 4.96. The summed E-state index contributed by atoms with van der Waals surface area (Å²) in [5, 5.41) is 18.8. The third kappa shape index (κ3) is 8.02. The van der Waals surface area contributed by atoms with Gasteiger partial charge < -0.3 is 44.9 Å². The van der Waals surface area contributed by atoms with Gasteiger partial charge in [-0.3, -0.25) is 4.79 Å². The zero-order valence-corrected chi connectivity index (χ0v) is 24.3. The SMILES string of the molecule is CNC[C@@H]1OCCCC[C@@H](C)Oc2ccc(NC(=O)Nc3ccc4c(c3)OCO4)cc2C(=O)N([C@H](C)CO)C[C@@H]1C. The van der Waals surface area contributed by atoms with Crippen molar-refractivity contribution in [2.75, 3.05) is 50.8 Å². The van der Waals surface area contributed by atoms with E-state index in [-0.39, 0.29) is 37.4 Å². The van der Waals surface area contributed by atoms with E-state index in [1.54, 1.807) is 41.3 Å². The Morgan fingerprint density at radius 1 is 1.05 bits per heavy atom. The van der Waals surface area contributed by atoms with E-state index in [4.69, 9.17) is 18.9 Å². The predicted molar refractivity (Wildman–Crippen MR) is 156 cm³/mol. The zero-order chi connectivity index (χ0) is 29.4. The number of anilines is 2. The summed E-state index contributed by atoms with van der Waals surface area (Å²) in [4.78, 5) is 28.6. The number of aliphatic hydroxyl groups is 1. The van der Waals surface area contributed by atoms with Gasteiger partial charge in [-0.05, 0) is 70.5 Å². The van der Waals surface area contributed by atoms with Crippen molar-refractivity contribution in [3.8, 4) is 17.2 Å². The highest BCUT2D eigenvalue weighted by molar-refractivity contribution is 6.02. The first-order valence-electron chi connectivity index (χ1n) is 14.3. The van der Waals surface area contributed by atoms with E-state index in [9.17, 15) is 14.7 Å². The van der Waals surface area contributed by atoms with Crippen LogP contribution in [0.4, 0.5) is 16.2 Å². The van der Waals surface area contributed by atoms with Crippen molar-refractivity contribution in [3.63, 3.8) is 0 Å². The molecule has 0 bridgehead atoms. The molecule has 2 aromatic carbocycles. The van der Waals surface area contributed by atoms with Gasteiger partial charge >= 0.3 is 6.03 Å². The molecular weight excluding hydrogens is 528 g/mol. The molecule has 2 aromatic rings. The van der Waals surface area contributed by atoms with Crippen molar-refractivity contribution >= 4 is 23.3 Å². The lowest BCUT2D eigenvalue weighted by Crippen LogP contribution is -2.47. The van der Waals surface area contributed by atoms with Gasteiger partial charge in [0.25, 0.3) is 5.91 Å². The van der Waals surface area contributed by atoms with Crippen LogP contribution < -0.4 is 30.2 Å². The van der Waals surface area contributed by atoms with Crippen LogP contribution in [0.25, 0.3) is 0 Å². The van der Waals surface area contributed by atoms with E-state index in [1.165, 1.54) is 0 Å². The Morgan fingerprint density at radius 3 is 2.49 bits per heavy atom. The highest BCUT2D eigenvalue weighted by Gasteiger charge is 2.30. The maximum Gasteiger partial charge on any atom is 0.323 e. The lowest BCUT2D eigenvalue weighted by atomic mass is 10.0. The van der Waals surface area contributed by atoms with Crippen molar-refractivity contribution in [3.05, 3.63) is 42.0 Å². The van der Waals surface area contributed by atoms with Crippen LogP contribution in [0, 0.1) is 5.92 Å². The molecule has 41 heavy (non-hydrogen) atoms. The van der Waals surface area contributed by atoms with Gasteiger partial charge in [-0.25, -0.2) is 4.79 Å². The van der Waals surface area contributed by atoms with Gasteiger partial charge in [0, 0.05) is 43.1 Å². The molecule has 2 aliphatic rings. The predicted octanol–water partition coefficient (Wildman–Crippen LogP) is 4.07. The quantitative estimate of drug-likeness (QED) is 0.409. The number of likely N-dealkylation sites (N-methyl/N-ethyl adjacent to an activating group) is 1. The van der Waals surface area contributed by atoms with Crippen LogP contribution in [0.15, 0.2) is 36.4 Å². The zero-order valence-electron chi connectivity index (χ0n) is 24.3. The molecule has 0 unspecified atom stereocenters. The van der Waals surface area contributed by atoms with Gasteiger partial charge in [-0.1, -0.05) is 6.92 Å². The Morgan fingerprint density at radius 2 is 1.76 bits per heavy atom. The highest BCUT2D eigenvalue weighted by atomic mass is 16.7. The van der Waals surface area contributed by atoms with Gasteiger partial charge in [0.15, 0.2) is 11.5 Å². The molecule has 0 spiro atoms. The smallest absolute Gasteiger partial charge is 0.323 e. The fourth-order valence-corrected chi connectivity index (χ4v) is 4.96. The number of ether oxygens (including phenoxy) is 4. The summed E-state index contributed by atoms with van der Waals surface area (Å²) in [5.41, 5.74) is 1.27. The molecular formula is C30H42N4O7. The lowest BCUT2D eigenvalue weighted by Gasteiger charge is -2.34. The molecule has 3 amide bonds. The molecule has 4 atom stereocenters. The number of nitrogens with one attached hydrogen (secondary N) is 3. The first-order chi connectivity index (χ1) is 19.8. The van der Waals surface area contributed by atoms with Crippen LogP contribution in [0.2, 0.25) is 0 Å². The van der Waals surface area contributed by atoms with E-state index < -0.39 is 12.1 Å². The van der Waals surface area contributed by atoms with Gasteiger partial charge in [0.2, 0.25) is 6.79 Å². The normalized spacial score (nSPS) is 22.2. The first-order valence-corrected chi connectivity index (χ1v) is 14.3. The van der Waals surface area contributed by atoms with Crippen LogP contribution in [0.1, 0.15) is 50.4 Å². The number of fused-ring (bicyclic) bond motifs is 2. The highest BCUT2D eigenvalue weighted by Crippen LogP contribution is 2.34. The Bertz CT molecular complexity index is 1190. The van der Waals surface area contributed by atoms with E-state index in [2.05, 4.69) is 22.9 Å². The number of aliphatic hydroxyl groups excluding tert-OH is 1. The van der Waals surface area contributed by atoms with E-state index in [1.807, 2.05) is 20.9 Å². The number of benzene rings is 2. The topological polar surface area (TPSA) is 131 Å². The minimum atomic E-state index is -0.479. The van der Waals surface area contributed by atoms with Crippen LogP contribution in [-0.2, 0) is 4.74 Å². The van der Waals surface area contributed by atoms with Gasteiger partial charge in [-0.15, -0.1) is 0 Å². The maximum absolute atomic E-state index is 14.1. The summed E-state index contributed by atoms with van der Waals surface area (Å²) in [6.07, 6.45) is 2.42. The molecule has 0 radical (unpaired) electrons. The molecule has 0 aromatic heterocycles. The second kappa shape index (κ2) is 14.4. The number of hydrogen-bond acceptors (Lipinski definition) is 8. The van der Waals surface area contributed by atoms with Crippen LogP contribution in [0.5, 0.6) is 17.2 Å². The number of carbonyl (C=O) groups excluding carboxylic acids is 2. The van der Waals surface area contributed by atoms with Gasteiger partial charge in [-0.2, -0.15) is 0 Å². The van der Waals surface area contributed by atoms with E-state index in [0.717, 1.165) is 19.3 Å². The third-order valence-electron chi connectivity index (χ3n) is 7.35. The van der Waals surface area contributed by atoms with E-state index in [0.29, 0.717) is 53.9 Å². The van der Waals surface area contributed by atoms with Gasteiger partial charge in [0.1, 0.15) is 5.75 Å². The molecule has 2 heterocycles. The van der Waals surface area contributed by atoms with Crippen LogP contribution in [0.3, 0.4) is 0 Å². The summed E-state index contributed by atoms with van der Waals surface area (Å²) in [7, 11) is 1.88. The molecule has 11 nitrogen and oxygen atoms in total. The Kier molecular flexibility index (Phi) is 10.7. The maximum atomic E-state index is 14.1. The molecule has 0 aliphatic carbocycles. The summed E-state index contributed by atoms with van der Waals surface area (Å²) < 4.78 is 23.2. The Labute approximate surface area is 241 Å². The number of rotatable bonds is 6. The van der Waals surface area contributed by atoms with Crippen molar-refractivity contribution in [2.24, 2.45) is 5.92 Å². The average Bonchev–Trinajstić information content (AvgIpc) is 3.42. The number of amides is 3. The summed E-state index contributed by atoms with van der Waals surface area (Å²) in [6.45, 7) is 7.45. The Hall–Kier alpha value is -3.54. The van der Waals surface area contributed by atoms with Crippen molar-refractivity contribution < 1.29 is 33.6 Å². The third-order valence-corrected chi connectivity index (χ3v) is 7.35. The first kappa shape index (κ1) is 30.4. The number of urea groups is 1. The largest absolute Gasteiger partial charge is 0.490 e. The molecule has 4 rings (SSSR count). The molecule has 0 fully saturated rings. The molecule has 0 saturated heterocycles. The fraction of sp³-hybridized carbons (Fsp3) is 0.533. The number of hydrogen-bond donors (Lipinski definition) is 4. The second-order valence-electron chi connectivity index (χ2n) is 10.7. The van der Waals surface area contributed by atoms with Crippen LogP contribution in [-0.4, -0.2) is 80.3 Å². The Balaban J connectivity index is 1.60. The minimum absolute atomic E-state index is 0.000388. The molecule has 224 valence electrons. The number of carbonyl (C=O) groups is 2. The molecule has 2 aliphatic heterocycles. The molecule has 0 saturated carbocycles. The summed E-state index contributed by atoms with van der Waals surface area (Å²) in [6, 6.07) is 9.26. The molecule has 11 heteroatoms. The lowest BCUT2D eigenvalue weighted by molar-refractivity contribution is -0.000451. The minimum Gasteiger partial charge on any atom is -0.490 e. The van der Waals surface area contributed by atoms with Crippen molar-refractivity contribution in [2.45, 2.75) is 58.3 Å². The van der Waals surface area contributed by atoms with E-state index >= 15 is 0 Å². The summed E-state index contributed by atoms with van der Waals surface area (Å²) >= 11 is 0. The average molecular weight is 571 g/mol. The van der Waals surface area contributed by atoms with Gasteiger partial charge in [0.05, 0.1) is 30.4 Å². The molecule has 4 N–H and O–H groups in total. The number of nitrogens with zero attached hydrogens (tertiary/aromatic N) is 1. The second-order valence-corrected chi connectivity index (χ2v) is 10.7. The van der Waals surface area contributed by atoms with Crippen LogP contribution >= 0.6 is 0 Å².